The van der Waals surface area contributed by atoms with Crippen LogP contribution in [0, 0.1) is 20.8 Å². The summed E-state index contributed by atoms with van der Waals surface area (Å²) in [4.78, 5) is 29.7. The number of nitrogens with one attached hydrogen (secondary N) is 2. The molecule has 4 rings (SSSR count). The first-order chi connectivity index (χ1) is 16.0. The molecule has 2 aromatic heterocycles. The number of carbonyl (C=O) groups excluding carboxylic acids is 2. The first kappa shape index (κ1) is 22.0. The summed E-state index contributed by atoms with van der Waals surface area (Å²) in [6.45, 7) is 6.11. The summed E-state index contributed by atoms with van der Waals surface area (Å²) in [5.74, 6) is -0.563. The number of rotatable bonds is 6. The van der Waals surface area contributed by atoms with E-state index >= 15 is 0 Å². The first-order valence-corrected chi connectivity index (χ1v) is 10.7. The van der Waals surface area contributed by atoms with E-state index in [2.05, 4.69) is 20.7 Å². The molecule has 0 saturated heterocycles. The van der Waals surface area contributed by atoms with Crippen molar-refractivity contribution in [2.45, 2.75) is 27.3 Å². The fourth-order valence-corrected chi connectivity index (χ4v) is 3.73. The molecule has 0 saturated carbocycles. The van der Waals surface area contributed by atoms with Gasteiger partial charge in [0.2, 0.25) is 0 Å². The molecule has 0 fully saturated rings. The molecular weight excluding hydrogens is 414 g/mol. The number of benzene rings is 2. The molecule has 0 spiro atoms. The Balaban J connectivity index is 1.54. The number of anilines is 1. The van der Waals surface area contributed by atoms with Crippen LogP contribution in [0.3, 0.4) is 0 Å². The summed E-state index contributed by atoms with van der Waals surface area (Å²) < 4.78 is 1.88. The number of aryl methyl sites for hydroxylation is 2. The predicted molar refractivity (Wildman–Crippen MR) is 128 cm³/mol. The summed E-state index contributed by atoms with van der Waals surface area (Å²) in [5.41, 5.74) is 5.92. The van der Waals surface area contributed by atoms with Crippen LogP contribution in [-0.4, -0.2) is 26.6 Å². The second-order valence-electron chi connectivity index (χ2n) is 7.77. The minimum atomic E-state index is -0.295. The lowest BCUT2D eigenvalue weighted by Crippen LogP contribution is -2.25. The smallest absolute Gasteiger partial charge is 0.255 e. The minimum absolute atomic E-state index is 0.269. The monoisotopic (exact) mass is 439 g/mol. The van der Waals surface area contributed by atoms with Crippen LogP contribution in [0.1, 0.15) is 43.2 Å². The number of aromatic nitrogens is 3. The Morgan fingerprint density at radius 3 is 2.33 bits per heavy atom. The van der Waals surface area contributed by atoms with Crippen molar-refractivity contribution in [2.24, 2.45) is 0 Å². The van der Waals surface area contributed by atoms with Crippen molar-refractivity contribution < 1.29 is 9.59 Å². The zero-order valence-corrected chi connectivity index (χ0v) is 18.8. The van der Waals surface area contributed by atoms with Crippen LogP contribution in [0.4, 0.5) is 5.69 Å². The van der Waals surface area contributed by atoms with Gasteiger partial charge in [0.15, 0.2) is 0 Å². The molecule has 33 heavy (non-hydrogen) atoms. The van der Waals surface area contributed by atoms with Gasteiger partial charge in [0, 0.05) is 35.8 Å². The van der Waals surface area contributed by atoms with Crippen LogP contribution in [0.15, 0.2) is 73.1 Å². The molecule has 0 bridgehead atoms. The van der Waals surface area contributed by atoms with Crippen LogP contribution in [0.25, 0.3) is 5.69 Å². The summed E-state index contributed by atoms with van der Waals surface area (Å²) in [5, 5.41) is 10.5. The Kier molecular flexibility index (Phi) is 6.31. The Hall–Kier alpha value is -4.26. The average Bonchev–Trinajstić information content (AvgIpc) is 3.13. The van der Waals surface area contributed by atoms with Crippen molar-refractivity contribution >= 4 is 17.5 Å². The highest BCUT2D eigenvalue weighted by Gasteiger charge is 2.18. The molecule has 7 nitrogen and oxygen atoms in total. The molecule has 4 aromatic rings. The second-order valence-corrected chi connectivity index (χ2v) is 7.77. The SMILES string of the molecule is Cc1cccc(C(=O)NCc2c(C)nn(-c3ccccc3)c2C)c1NC(=O)c1ccncc1. The van der Waals surface area contributed by atoms with E-state index in [4.69, 9.17) is 0 Å². The molecule has 0 radical (unpaired) electrons. The highest BCUT2D eigenvalue weighted by molar-refractivity contribution is 6.09. The molecule has 2 heterocycles. The first-order valence-electron chi connectivity index (χ1n) is 10.7. The summed E-state index contributed by atoms with van der Waals surface area (Å²) in [6.07, 6.45) is 3.11. The predicted octanol–water partition coefficient (Wildman–Crippen LogP) is 4.37. The number of carbonyl (C=O) groups is 2. The molecule has 0 aliphatic carbocycles. The van der Waals surface area contributed by atoms with Crippen LogP contribution < -0.4 is 10.6 Å². The minimum Gasteiger partial charge on any atom is -0.348 e. The third-order valence-corrected chi connectivity index (χ3v) is 5.57. The van der Waals surface area contributed by atoms with E-state index in [1.807, 2.05) is 61.9 Å². The van der Waals surface area contributed by atoms with E-state index in [0.717, 1.165) is 28.2 Å². The van der Waals surface area contributed by atoms with E-state index in [1.165, 1.54) is 0 Å². The van der Waals surface area contributed by atoms with Gasteiger partial charge in [-0.25, -0.2) is 4.68 Å². The fourth-order valence-electron chi connectivity index (χ4n) is 3.73. The van der Waals surface area contributed by atoms with Crippen LogP contribution in [0.2, 0.25) is 0 Å². The second kappa shape index (κ2) is 9.48. The summed E-state index contributed by atoms with van der Waals surface area (Å²) in [7, 11) is 0. The van der Waals surface area contributed by atoms with E-state index in [9.17, 15) is 9.59 Å². The van der Waals surface area contributed by atoms with Gasteiger partial charge in [0.25, 0.3) is 11.8 Å². The summed E-state index contributed by atoms with van der Waals surface area (Å²) in [6, 6.07) is 18.5. The highest BCUT2D eigenvalue weighted by Crippen LogP contribution is 2.22. The fraction of sp³-hybridized carbons (Fsp3) is 0.154. The van der Waals surface area contributed by atoms with Gasteiger partial charge in [-0.3, -0.25) is 14.6 Å². The van der Waals surface area contributed by atoms with Gasteiger partial charge in [-0.05, 0) is 56.7 Å². The zero-order valence-electron chi connectivity index (χ0n) is 18.8. The van der Waals surface area contributed by atoms with Crippen molar-refractivity contribution in [1.29, 1.82) is 0 Å². The molecule has 7 heteroatoms. The van der Waals surface area contributed by atoms with Crippen LogP contribution in [-0.2, 0) is 6.54 Å². The maximum absolute atomic E-state index is 13.1. The Morgan fingerprint density at radius 1 is 0.879 bits per heavy atom. The Bertz CT molecular complexity index is 1300. The van der Waals surface area contributed by atoms with Crippen LogP contribution >= 0.6 is 0 Å². The number of hydrogen-bond acceptors (Lipinski definition) is 4. The topological polar surface area (TPSA) is 88.9 Å². The number of hydrogen-bond donors (Lipinski definition) is 2. The Morgan fingerprint density at radius 2 is 1.61 bits per heavy atom. The van der Waals surface area contributed by atoms with E-state index < -0.39 is 0 Å². The third-order valence-electron chi connectivity index (χ3n) is 5.57. The van der Waals surface area contributed by atoms with Gasteiger partial charge in [0.1, 0.15) is 0 Å². The van der Waals surface area contributed by atoms with Gasteiger partial charge in [-0.1, -0.05) is 30.3 Å². The lowest BCUT2D eigenvalue weighted by atomic mass is 10.1. The van der Waals surface area contributed by atoms with Crippen molar-refractivity contribution in [3.05, 3.63) is 107 Å². The molecule has 0 unspecified atom stereocenters. The Labute approximate surface area is 192 Å². The molecule has 166 valence electrons. The van der Waals surface area contributed by atoms with Gasteiger partial charge < -0.3 is 10.6 Å². The van der Waals surface area contributed by atoms with Gasteiger partial charge >= 0.3 is 0 Å². The average molecular weight is 440 g/mol. The van der Waals surface area contributed by atoms with Gasteiger partial charge in [-0.2, -0.15) is 5.10 Å². The van der Waals surface area contributed by atoms with Crippen molar-refractivity contribution in [3.63, 3.8) is 0 Å². The van der Waals surface area contributed by atoms with Gasteiger partial charge in [-0.15, -0.1) is 0 Å². The molecule has 2 N–H and O–H groups in total. The van der Waals surface area contributed by atoms with Crippen LogP contribution in [0.5, 0.6) is 0 Å². The zero-order chi connectivity index (χ0) is 23.4. The highest BCUT2D eigenvalue weighted by atomic mass is 16.2. The molecule has 0 aliphatic heterocycles. The largest absolute Gasteiger partial charge is 0.348 e. The van der Waals surface area contributed by atoms with Crippen molar-refractivity contribution in [1.82, 2.24) is 20.1 Å². The molecule has 0 aliphatic rings. The van der Waals surface area contributed by atoms with Crippen molar-refractivity contribution in [3.8, 4) is 5.69 Å². The molecule has 0 atom stereocenters. The standard InChI is InChI=1S/C26H25N5O2/c1-17-8-7-11-22(24(17)29-25(32)20-12-14-27-15-13-20)26(33)28-16-23-18(2)30-31(19(23)3)21-9-5-4-6-10-21/h4-15H,16H2,1-3H3,(H,28,33)(H,29,32). The quantitative estimate of drug-likeness (QED) is 0.467. The van der Waals surface area contributed by atoms with E-state index in [-0.39, 0.29) is 11.8 Å². The number of nitrogens with zero attached hydrogens (tertiary/aromatic N) is 3. The lowest BCUT2D eigenvalue weighted by molar-refractivity contribution is 0.0951. The number of para-hydroxylation sites is 2. The normalized spacial score (nSPS) is 10.6. The van der Waals surface area contributed by atoms with E-state index in [0.29, 0.717) is 23.4 Å². The van der Waals surface area contributed by atoms with Crippen molar-refractivity contribution in [2.75, 3.05) is 5.32 Å². The molecule has 2 aromatic carbocycles. The van der Waals surface area contributed by atoms with Gasteiger partial charge in [0.05, 0.1) is 22.6 Å². The maximum atomic E-state index is 13.1. The summed E-state index contributed by atoms with van der Waals surface area (Å²) >= 11 is 0. The maximum Gasteiger partial charge on any atom is 0.255 e. The molecule has 2 amide bonds. The number of amides is 2. The molecular formula is C26H25N5O2. The van der Waals surface area contributed by atoms with E-state index in [1.54, 1.807) is 36.7 Å². The third kappa shape index (κ3) is 4.67. The number of pyridine rings is 1. The lowest BCUT2D eigenvalue weighted by Gasteiger charge is -2.14.